The fourth-order valence-corrected chi connectivity index (χ4v) is 3.39. The molecule has 2 aliphatic rings. The summed E-state index contributed by atoms with van der Waals surface area (Å²) in [5, 5.41) is 0. The van der Waals surface area contributed by atoms with E-state index in [1.165, 1.54) is 4.90 Å². The Hall–Kier alpha value is -2.71. The van der Waals surface area contributed by atoms with Gasteiger partial charge in [-0.15, -0.1) is 0 Å². The van der Waals surface area contributed by atoms with Crippen molar-refractivity contribution >= 4 is 29.6 Å². The lowest BCUT2D eigenvalue weighted by Gasteiger charge is -2.32. The van der Waals surface area contributed by atoms with Crippen molar-refractivity contribution in [3.8, 4) is 0 Å². The fourth-order valence-electron chi connectivity index (χ4n) is 3.39. The molecule has 0 saturated carbocycles. The molecule has 2 N–H and O–H groups in total. The SMILES string of the molecule is Cc1c(C)[n+](CC(C)C)c2n1C1C(=O)N(CC(N)=O)C(=O)N(C)C1=N2. The quantitative estimate of drug-likeness (QED) is 0.776. The number of fused-ring (bicyclic) bond motifs is 3. The van der Waals surface area contributed by atoms with Crippen LogP contribution in [0.25, 0.3) is 0 Å². The van der Waals surface area contributed by atoms with Gasteiger partial charge < -0.3 is 5.73 Å². The number of aliphatic imine (C=N–C) groups is 1. The van der Waals surface area contributed by atoms with Crippen LogP contribution in [0, 0.1) is 19.8 Å². The Morgan fingerprint density at radius 3 is 2.52 bits per heavy atom. The zero-order valence-electron chi connectivity index (χ0n) is 15.1. The first kappa shape index (κ1) is 17.1. The molecule has 134 valence electrons. The van der Waals surface area contributed by atoms with Crippen LogP contribution in [0.3, 0.4) is 0 Å². The zero-order chi connectivity index (χ0) is 18.6. The van der Waals surface area contributed by atoms with Crippen LogP contribution < -0.4 is 10.3 Å². The van der Waals surface area contributed by atoms with Crippen molar-refractivity contribution in [1.82, 2.24) is 14.4 Å². The third-order valence-electron chi connectivity index (χ3n) is 4.69. The summed E-state index contributed by atoms with van der Waals surface area (Å²) < 4.78 is 3.90. The molecule has 0 radical (unpaired) electrons. The lowest BCUT2D eigenvalue weighted by Crippen LogP contribution is -2.59. The number of carbonyl (C=O) groups excluding carboxylic acids is 3. The molecule has 1 aromatic heterocycles. The maximum atomic E-state index is 12.9. The average Bonchev–Trinajstić information content (AvgIpc) is 3.01. The van der Waals surface area contributed by atoms with Crippen molar-refractivity contribution < 1.29 is 19.0 Å². The van der Waals surface area contributed by atoms with Gasteiger partial charge in [0, 0.05) is 7.05 Å². The second kappa shape index (κ2) is 5.68. The van der Waals surface area contributed by atoms with E-state index in [1.807, 2.05) is 18.4 Å². The molecule has 0 aliphatic carbocycles. The summed E-state index contributed by atoms with van der Waals surface area (Å²) in [5.41, 5.74) is 7.13. The van der Waals surface area contributed by atoms with Crippen LogP contribution in [0.1, 0.15) is 31.3 Å². The smallest absolute Gasteiger partial charge is 0.368 e. The Morgan fingerprint density at radius 1 is 1.32 bits per heavy atom. The number of amidine groups is 1. The number of hydrogen-bond acceptors (Lipinski definition) is 4. The van der Waals surface area contributed by atoms with Gasteiger partial charge in [0.05, 0.1) is 6.54 Å². The number of amides is 4. The molecule has 0 bridgehead atoms. The Kier molecular flexibility index (Phi) is 3.89. The van der Waals surface area contributed by atoms with Crippen molar-refractivity contribution in [2.75, 3.05) is 13.6 Å². The fraction of sp³-hybridized carbons (Fsp3) is 0.562. The van der Waals surface area contributed by atoms with E-state index in [1.54, 1.807) is 7.05 Å². The van der Waals surface area contributed by atoms with Gasteiger partial charge in [0.1, 0.15) is 17.9 Å². The van der Waals surface area contributed by atoms with Crippen molar-refractivity contribution in [2.45, 2.75) is 40.3 Å². The van der Waals surface area contributed by atoms with Gasteiger partial charge in [0.25, 0.3) is 5.91 Å². The third kappa shape index (κ3) is 2.41. The van der Waals surface area contributed by atoms with Gasteiger partial charge >= 0.3 is 12.0 Å². The largest absolute Gasteiger partial charge is 0.402 e. The maximum Gasteiger partial charge on any atom is 0.402 e. The van der Waals surface area contributed by atoms with Crippen molar-refractivity contribution in [2.24, 2.45) is 16.6 Å². The van der Waals surface area contributed by atoms with Crippen molar-refractivity contribution in [1.29, 1.82) is 0 Å². The van der Waals surface area contributed by atoms with E-state index in [0.717, 1.165) is 22.8 Å². The van der Waals surface area contributed by atoms with E-state index < -0.39 is 30.4 Å². The molecule has 1 saturated heterocycles. The van der Waals surface area contributed by atoms with Gasteiger partial charge in [-0.1, -0.05) is 18.8 Å². The normalized spacial score (nSPS) is 19.4. The number of aromatic nitrogens is 2. The predicted molar refractivity (Wildman–Crippen MR) is 89.1 cm³/mol. The van der Waals surface area contributed by atoms with E-state index in [2.05, 4.69) is 23.4 Å². The molecule has 4 amide bonds. The van der Waals surface area contributed by atoms with Crippen LogP contribution in [0.2, 0.25) is 0 Å². The molecule has 9 nitrogen and oxygen atoms in total. The van der Waals surface area contributed by atoms with Crippen LogP contribution in [0.5, 0.6) is 0 Å². The van der Waals surface area contributed by atoms with Crippen LogP contribution in [0.15, 0.2) is 4.99 Å². The molecule has 25 heavy (non-hydrogen) atoms. The molecular weight excluding hydrogens is 324 g/mol. The number of imidazole rings is 1. The second-order valence-corrected chi connectivity index (χ2v) is 6.95. The number of nitrogens with two attached hydrogens (primary N) is 1. The summed E-state index contributed by atoms with van der Waals surface area (Å²) in [4.78, 5) is 43.4. The first-order valence-corrected chi connectivity index (χ1v) is 8.22. The topological polar surface area (TPSA) is 105 Å². The standard InChI is InChI=1S/C16H22N6O3/c1-8(2)6-20-9(3)10(4)22-12-13(18-15(20)22)19(5)16(25)21(14(12)24)7-11(17)23/h8,12H,6-7H2,1-5H3,(H-,17,23)/p+1. The highest BCUT2D eigenvalue weighted by Gasteiger charge is 2.54. The molecule has 3 heterocycles. The molecule has 9 heteroatoms. The summed E-state index contributed by atoms with van der Waals surface area (Å²) in [6.07, 6.45) is 0. The number of nitrogens with zero attached hydrogens (tertiary/aromatic N) is 5. The lowest BCUT2D eigenvalue weighted by atomic mass is 10.1. The number of hydrogen-bond donors (Lipinski definition) is 1. The van der Waals surface area contributed by atoms with E-state index in [0.29, 0.717) is 17.7 Å². The number of imide groups is 1. The van der Waals surface area contributed by atoms with Gasteiger partial charge in [-0.3, -0.25) is 19.4 Å². The van der Waals surface area contributed by atoms with Crippen LogP contribution in [-0.2, 0) is 16.1 Å². The van der Waals surface area contributed by atoms with Gasteiger partial charge in [0.2, 0.25) is 17.8 Å². The zero-order valence-corrected chi connectivity index (χ0v) is 15.1. The van der Waals surface area contributed by atoms with Crippen LogP contribution >= 0.6 is 0 Å². The number of urea groups is 1. The summed E-state index contributed by atoms with van der Waals surface area (Å²) in [6.45, 7) is 8.45. The Morgan fingerprint density at radius 2 is 1.96 bits per heavy atom. The molecule has 1 atom stereocenters. The molecule has 1 unspecified atom stereocenters. The molecule has 0 spiro atoms. The first-order chi connectivity index (χ1) is 11.6. The van der Waals surface area contributed by atoms with Crippen LogP contribution in [-0.4, -0.2) is 51.6 Å². The Bertz CT molecular complexity index is 822. The Balaban J connectivity index is 2.13. The molecule has 2 aliphatic heterocycles. The number of likely N-dealkylation sites (N-methyl/N-ethyl adjacent to an activating group) is 1. The lowest BCUT2D eigenvalue weighted by molar-refractivity contribution is -0.694. The minimum Gasteiger partial charge on any atom is -0.368 e. The van der Waals surface area contributed by atoms with E-state index in [9.17, 15) is 14.4 Å². The number of carbonyl (C=O) groups is 3. The van der Waals surface area contributed by atoms with E-state index >= 15 is 0 Å². The highest BCUT2D eigenvalue weighted by atomic mass is 16.2. The average molecular weight is 347 g/mol. The maximum absolute atomic E-state index is 12.9. The molecule has 1 aromatic rings. The van der Waals surface area contributed by atoms with Crippen molar-refractivity contribution in [3.05, 3.63) is 11.4 Å². The number of primary amides is 1. The molecular formula is C16H23N6O3+. The van der Waals surface area contributed by atoms with E-state index in [4.69, 9.17) is 5.73 Å². The molecule has 3 rings (SSSR count). The summed E-state index contributed by atoms with van der Waals surface area (Å²) >= 11 is 0. The molecule has 1 fully saturated rings. The van der Waals surface area contributed by atoms with Crippen LogP contribution in [0.4, 0.5) is 10.7 Å². The second-order valence-electron chi connectivity index (χ2n) is 6.95. The highest BCUT2D eigenvalue weighted by molar-refractivity contribution is 6.21. The van der Waals surface area contributed by atoms with Gasteiger partial charge in [-0.05, 0) is 19.8 Å². The van der Waals surface area contributed by atoms with Crippen molar-refractivity contribution in [3.63, 3.8) is 0 Å². The summed E-state index contributed by atoms with van der Waals surface area (Å²) in [7, 11) is 1.55. The predicted octanol–water partition coefficient (Wildman–Crippen LogP) is 0.0124. The minimum absolute atomic E-state index is 0.381. The monoisotopic (exact) mass is 347 g/mol. The summed E-state index contributed by atoms with van der Waals surface area (Å²) in [5.74, 6) is 0.224. The Labute approximate surface area is 145 Å². The van der Waals surface area contributed by atoms with Gasteiger partial charge in [-0.25, -0.2) is 13.9 Å². The van der Waals surface area contributed by atoms with E-state index in [-0.39, 0.29) is 0 Å². The summed E-state index contributed by atoms with van der Waals surface area (Å²) in [6, 6.07) is -1.33. The highest BCUT2D eigenvalue weighted by Crippen LogP contribution is 2.35. The first-order valence-electron chi connectivity index (χ1n) is 8.22. The minimum atomic E-state index is -0.746. The molecule has 0 aromatic carbocycles. The van der Waals surface area contributed by atoms with Gasteiger partial charge in [-0.2, -0.15) is 0 Å². The number of rotatable bonds is 4. The van der Waals surface area contributed by atoms with Gasteiger partial charge in [0.15, 0.2) is 0 Å². The third-order valence-corrected chi connectivity index (χ3v) is 4.69.